The van der Waals surface area contributed by atoms with E-state index in [0.717, 1.165) is 5.56 Å². The van der Waals surface area contributed by atoms with Crippen molar-refractivity contribution in [3.63, 3.8) is 0 Å². The molecule has 1 heterocycles. The number of anilines is 1. The average Bonchev–Trinajstić information content (AvgIpc) is 2.69. The zero-order valence-electron chi connectivity index (χ0n) is 14.8. The first-order valence-corrected chi connectivity index (χ1v) is 8.32. The fourth-order valence-electron chi connectivity index (χ4n) is 2.56. The van der Waals surface area contributed by atoms with Crippen molar-refractivity contribution in [1.82, 2.24) is 9.97 Å². The monoisotopic (exact) mass is 361 g/mol. The number of nitrogens with zero attached hydrogens (tertiary/aromatic N) is 2. The molecule has 7 heteroatoms. The smallest absolute Gasteiger partial charge is 0.269 e. The number of amides is 2. The van der Waals surface area contributed by atoms with Crippen LogP contribution >= 0.6 is 0 Å². The fraction of sp³-hybridized carbons (Fsp3) is 0.100. The third-order valence-corrected chi connectivity index (χ3v) is 4.00. The molecule has 1 aromatic heterocycles. The van der Waals surface area contributed by atoms with Crippen LogP contribution in [0.25, 0.3) is 11.3 Å². The van der Waals surface area contributed by atoms with Crippen LogP contribution in [0.5, 0.6) is 0 Å². The lowest BCUT2D eigenvalue weighted by atomic mass is 10.1. The van der Waals surface area contributed by atoms with Crippen LogP contribution in [0.1, 0.15) is 32.1 Å². The molecule has 7 nitrogen and oxygen atoms in total. The molecule has 0 saturated heterocycles. The third kappa shape index (κ3) is 4.16. The third-order valence-electron chi connectivity index (χ3n) is 4.00. The summed E-state index contributed by atoms with van der Waals surface area (Å²) in [6.07, 6.45) is 1.51. The van der Waals surface area contributed by atoms with Crippen LogP contribution in [0.4, 0.5) is 5.69 Å². The Hall–Kier alpha value is -3.58. The standard InChI is InChI=1S/C20H19N5O2/c1-12-5-7-15(8-6-12)24-20(27)14-4-2-3-13(9-14)17-11-23-16(10-21)18(25-17)19(22)26/h2-9,11H,10,21H2,1H3,(H2,22,26)(H,24,27). The lowest BCUT2D eigenvalue weighted by Gasteiger charge is -2.09. The van der Waals surface area contributed by atoms with E-state index in [-0.39, 0.29) is 18.1 Å². The van der Waals surface area contributed by atoms with Crippen molar-refractivity contribution in [2.24, 2.45) is 11.5 Å². The maximum absolute atomic E-state index is 12.5. The van der Waals surface area contributed by atoms with Gasteiger partial charge in [-0.1, -0.05) is 29.8 Å². The van der Waals surface area contributed by atoms with Crippen LogP contribution in [0.15, 0.2) is 54.7 Å². The Morgan fingerprint density at radius 2 is 1.85 bits per heavy atom. The summed E-state index contributed by atoms with van der Waals surface area (Å²) >= 11 is 0. The van der Waals surface area contributed by atoms with E-state index < -0.39 is 5.91 Å². The molecule has 0 spiro atoms. The van der Waals surface area contributed by atoms with E-state index >= 15 is 0 Å². The van der Waals surface area contributed by atoms with Crippen molar-refractivity contribution in [3.05, 3.63) is 77.2 Å². The highest BCUT2D eigenvalue weighted by Gasteiger charge is 2.14. The molecule has 2 amide bonds. The lowest BCUT2D eigenvalue weighted by Crippen LogP contribution is -2.19. The molecule has 5 N–H and O–H groups in total. The van der Waals surface area contributed by atoms with E-state index in [9.17, 15) is 9.59 Å². The summed E-state index contributed by atoms with van der Waals surface area (Å²) in [6.45, 7) is 2.04. The van der Waals surface area contributed by atoms with Crippen molar-refractivity contribution in [2.75, 3.05) is 5.32 Å². The first-order chi connectivity index (χ1) is 13.0. The second-order valence-corrected chi connectivity index (χ2v) is 6.02. The van der Waals surface area contributed by atoms with Crippen molar-refractivity contribution < 1.29 is 9.59 Å². The van der Waals surface area contributed by atoms with Crippen LogP contribution in [0.3, 0.4) is 0 Å². The molecule has 0 fully saturated rings. The summed E-state index contributed by atoms with van der Waals surface area (Å²) < 4.78 is 0. The van der Waals surface area contributed by atoms with Gasteiger partial charge < -0.3 is 16.8 Å². The van der Waals surface area contributed by atoms with E-state index in [2.05, 4.69) is 15.3 Å². The molecule has 0 saturated carbocycles. The number of carbonyl (C=O) groups excluding carboxylic acids is 2. The topological polar surface area (TPSA) is 124 Å². The van der Waals surface area contributed by atoms with Crippen LogP contribution < -0.4 is 16.8 Å². The number of nitrogens with one attached hydrogen (secondary N) is 1. The fourth-order valence-corrected chi connectivity index (χ4v) is 2.56. The molecule has 3 rings (SSSR count). The highest BCUT2D eigenvalue weighted by molar-refractivity contribution is 6.05. The molecule has 27 heavy (non-hydrogen) atoms. The molecule has 0 atom stereocenters. The van der Waals surface area contributed by atoms with Gasteiger partial charge in [-0.25, -0.2) is 4.98 Å². The molecular weight excluding hydrogens is 342 g/mol. The molecule has 0 bridgehead atoms. The molecule has 0 aliphatic heterocycles. The van der Waals surface area contributed by atoms with Crippen molar-refractivity contribution >= 4 is 17.5 Å². The van der Waals surface area contributed by atoms with E-state index in [1.54, 1.807) is 24.3 Å². The van der Waals surface area contributed by atoms with E-state index in [1.807, 2.05) is 31.2 Å². The Balaban J connectivity index is 1.89. The van der Waals surface area contributed by atoms with E-state index in [1.165, 1.54) is 6.20 Å². The van der Waals surface area contributed by atoms with Gasteiger partial charge in [-0.05, 0) is 31.2 Å². The molecule has 0 aliphatic carbocycles. The number of rotatable bonds is 5. The highest BCUT2D eigenvalue weighted by Crippen LogP contribution is 2.20. The minimum atomic E-state index is -0.696. The number of hydrogen-bond donors (Lipinski definition) is 3. The Morgan fingerprint density at radius 3 is 2.52 bits per heavy atom. The predicted molar refractivity (Wildman–Crippen MR) is 103 cm³/mol. The molecule has 2 aromatic carbocycles. The van der Waals surface area contributed by atoms with Gasteiger partial charge in [0.2, 0.25) is 0 Å². The van der Waals surface area contributed by atoms with Gasteiger partial charge in [0.25, 0.3) is 11.8 Å². The molecule has 0 aliphatic rings. The average molecular weight is 361 g/mol. The van der Waals surface area contributed by atoms with E-state index in [0.29, 0.717) is 28.2 Å². The normalized spacial score (nSPS) is 10.4. The quantitative estimate of drug-likeness (QED) is 0.643. The van der Waals surface area contributed by atoms with Crippen molar-refractivity contribution in [3.8, 4) is 11.3 Å². The molecule has 3 aromatic rings. The summed E-state index contributed by atoms with van der Waals surface area (Å²) in [4.78, 5) is 32.5. The Labute approximate surface area is 156 Å². The van der Waals surface area contributed by atoms with Crippen molar-refractivity contribution in [1.29, 1.82) is 0 Å². The molecular formula is C20H19N5O2. The Bertz CT molecular complexity index is 1000. The summed E-state index contributed by atoms with van der Waals surface area (Å²) in [5, 5.41) is 2.85. The SMILES string of the molecule is Cc1ccc(NC(=O)c2cccc(-c3cnc(CN)c(C(N)=O)n3)c2)cc1. The molecule has 0 radical (unpaired) electrons. The predicted octanol–water partition coefficient (Wildman–Crippen LogP) is 2.26. The second kappa shape index (κ2) is 7.76. The van der Waals surface area contributed by atoms with Gasteiger partial charge in [0, 0.05) is 23.4 Å². The lowest BCUT2D eigenvalue weighted by molar-refractivity contribution is 0.0992. The highest BCUT2D eigenvalue weighted by atomic mass is 16.2. The summed E-state index contributed by atoms with van der Waals surface area (Å²) in [7, 11) is 0. The van der Waals surface area contributed by atoms with Crippen LogP contribution in [0.2, 0.25) is 0 Å². The number of benzene rings is 2. The van der Waals surface area contributed by atoms with Crippen LogP contribution in [-0.2, 0) is 6.54 Å². The zero-order chi connectivity index (χ0) is 19.4. The first kappa shape index (κ1) is 18.2. The number of nitrogens with two attached hydrogens (primary N) is 2. The van der Waals surface area contributed by atoms with Gasteiger partial charge in [-0.2, -0.15) is 0 Å². The van der Waals surface area contributed by atoms with Gasteiger partial charge in [-0.15, -0.1) is 0 Å². The summed E-state index contributed by atoms with van der Waals surface area (Å²) in [5.41, 5.74) is 14.6. The van der Waals surface area contributed by atoms with Crippen LogP contribution in [0, 0.1) is 6.92 Å². The maximum atomic E-state index is 12.5. The minimum absolute atomic E-state index is 0.0320. The Kier molecular flexibility index (Phi) is 5.23. The number of hydrogen-bond acceptors (Lipinski definition) is 5. The minimum Gasteiger partial charge on any atom is -0.364 e. The number of primary amides is 1. The largest absolute Gasteiger partial charge is 0.364 e. The summed E-state index contributed by atoms with van der Waals surface area (Å²) in [6, 6.07) is 14.4. The van der Waals surface area contributed by atoms with Gasteiger partial charge in [0.1, 0.15) is 0 Å². The number of aromatic nitrogens is 2. The van der Waals surface area contributed by atoms with Crippen molar-refractivity contribution in [2.45, 2.75) is 13.5 Å². The maximum Gasteiger partial charge on any atom is 0.269 e. The summed E-state index contributed by atoms with van der Waals surface area (Å²) in [5.74, 6) is -0.944. The van der Waals surface area contributed by atoms with Gasteiger partial charge in [0.15, 0.2) is 5.69 Å². The van der Waals surface area contributed by atoms with Gasteiger partial charge >= 0.3 is 0 Å². The number of aryl methyl sites for hydroxylation is 1. The molecule has 136 valence electrons. The number of carbonyl (C=O) groups is 2. The first-order valence-electron chi connectivity index (χ1n) is 8.32. The molecule has 0 unspecified atom stereocenters. The Morgan fingerprint density at radius 1 is 1.11 bits per heavy atom. The van der Waals surface area contributed by atoms with E-state index in [4.69, 9.17) is 11.5 Å². The second-order valence-electron chi connectivity index (χ2n) is 6.02. The van der Waals surface area contributed by atoms with Crippen LogP contribution in [-0.4, -0.2) is 21.8 Å². The van der Waals surface area contributed by atoms with Gasteiger partial charge in [-0.3, -0.25) is 14.6 Å². The zero-order valence-corrected chi connectivity index (χ0v) is 14.8. The van der Waals surface area contributed by atoms with Gasteiger partial charge in [0.05, 0.1) is 17.6 Å².